The van der Waals surface area contributed by atoms with E-state index in [1.807, 2.05) is 25.1 Å². The van der Waals surface area contributed by atoms with Crippen LogP contribution in [0.3, 0.4) is 0 Å². The summed E-state index contributed by atoms with van der Waals surface area (Å²) in [6, 6.07) is 5.57. The Morgan fingerprint density at radius 2 is 1.96 bits per heavy atom. The Bertz CT molecular complexity index is 823. The first-order chi connectivity index (χ1) is 13.6. The van der Waals surface area contributed by atoms with E-state index in [4.69, 9.17) is 4.74 Å². The predicted octanol–water partition coefficient (Wildman–Crippen LogP) is 3.34. The summed E-state index contributed by atoms with van der Waals surface area (Å²) in [6.45, 7) is 5.51. The molecule has 1 saturated heterocycles. The minimum atomic E-state index is -0.464. The molecule has 2 heterocycles. The van der Waals surface area contributed by atoms with Gasteiger partial charge in [0.25, 0.3) is 0 Å². The molecule has 1 fully saturated rings. The Balaban J connectivity index is 1.77. The second kappa shape index (κ2) is 9.32. The largest absolute Gasteiger partial charge is 0.495 e. The van der Waals surface area contributed by atoms with E-state index in [2.05, 4.69) is 25.5 Å². The Labute approximate surface area is 164 Å². The van der Waals surface area contributed by atoms with Crippen molar-refractivity contribution in [3.63, 3.8) is 0 Å². The Kier molecular flexibility index (Phi) is 6.59. The van der Waals surface area contributed by atoms with Gasteiger partial charge in [0.1, 0.15) is 12.1 Å². The first-order valence-electron chi connectivity index (χ1n) is 9.46. The van der Waals surface area contributed by atoms with Crippen molar-refractivity contribution in [1.82, 2.24) is 14.9 Å². The number of ether oxygens (including phenoxy) is 1. The van der Waals surface area contributed by atoms with Crippen molar-refractivity contribution in [3.8, 4) is 5.75 Å². The lowest BCUT2D eigenvalue weighted by Crippen LogP contribution is -2.33. The van der Waals surface area contributed by atoms with Crippen molar-refractivity contribution in [2.24, 2.45) is 0 Å². The van der Waals surface area contributed by atoms with Gasteiger partial charge < -0.3 is 20.3 Å². The van der Waals surface area contributed by atoms with Crippen LogP contribution < -0.4 is 15.4 Å². The smallest absolute Gasteiger partial charge is 0.353 e. The molecule has 9 nitrogen and oxygen atoms in total. The zero-order chi connectivity index (χ0) is 19.9. The lowest BCUT2D eigenvalue weighted by Gasteiger charge is -2.26. The normalized spacial score (nSPS) is 14.5. The van der Waals surface area contributed by atoms with Crippen molar-refractivity contribution in [1.29, 1.82) is 0 Å². The van der Waals surface area contributed by atoms with Crippen LogP contribution in [0.25, 0.3) is 0 Å². The maximum Gasteiger partial charge on any atom is 0.353 e. The molecule has 0 radical (unpaired) electrons. The van der Waals surface area contributed by atoms with Crippen LogP contribution in [0.5, 0.6) is 5.75 Å². The van der Waals surface area contributed by atoms with Crippen LogP contribution in [0.2, 0.25) is 0 Å². The molecule has 9 heteroatoms. The third-order valence-corrected chi connectivity index (χ3v) is 4.78. The van der Waals surface area contributed by atoms with Crippen molar-refractivity contribution < 1.29 is 9.66 Å². The quantitative estimate of drug-likeness (QED) is 0.526. The molecule has 1 aliphatic heterocycles. The monoisotopic (exact) mass is 386 g/mol. The Hall–Kier alpha value is -2.94. The van der Waals surface area contributed by atoms with Crippen LogP contribution >= 0.6 is 0 Å². The van der Waals surface area contributed by atoms with E-state index in [1.54, 1.807) is 7.11 Å². The first-order valence-corrected chi connectivity index (χ1v) is 9.46. The Morgan fingerprint density at radius 3 is 2.68 bits per heavy atom. The predicted molar refractivity (Wildman–Crippen MR) is 108 cm³/mol. The number of aromatic nitrogens is 2. The van der Waals surface area contributed by atoms with Gasteiger partial charge in [-0.3, -0.25) is 10.1 Å². The molecule has 0 amide bonds. The third kappa shape index (κ3) is 4.86. The highest BCUT2D eigenvalue weighted by Gasteiger charge is 2.24. The SMILES string of the molecule is COc1ccc(C)cc1Nc1ncnc(NCCN2CCCCC2)c1[N+](=O)[O-]. The molecule has 1 aromatic carbocycles. The molecule has 1 aliphatic rings. The summed E-state index contributed by atoms with van der Waals surface area (Å²) in [4.78, 5) is 21.8. The average Bonchev–Trinajstić information content (AvgIpc) is 2.69. The van der Waals surface area contributed by atoms with E-state index in [0.717, 1.165) is 25.2 Å². The molecule has 3 rings (SSSR count). The first kappa shape index (κ1) is 19.8. The number of nitro groups is 1. The highest BCUT2D eigenvalue weighted by Crippen LogP contribution is 2.34. The maximum atomic E-state index is 11.7. The van der Waals surface area contributed by atoms with Gasteiger partial charge in [0.05, 0.1) is 17.7 Å². The standard InChI is InChI=1S/C19H26N6O3/c1-14-6-7-16(28-2)15(12-14)23-19-17(25(26)27)18(21-13-22-19)20-8-11-24-9-4-3-5-10-24/h6-7,12-13H,3-5,8-11H2,1-2H3,(H2,20,21,22,23). The second-order valence-corrected chi connectivity index (χ2v) is 6.83. The molecular formula is C19H26N6O3. The molecule has 0 aliphatic carbocycles. The fourth-order valence-electron chi connectivity index (χ4n) is 3.34. The number of hydrogen-bond donors (Lipinski definition) is 2. The van der Waals surface area contributed by atoms with Gasteiger partial charge in [-0.25, -0.2) is 9.97 Å². The molecule has 2 N–H and O–H groups in total. The molecule has 0 atom stereocenters. The highest BCUT2D eigenvalue weighted by molar-refractivity contribution is 5.76. The fourth-order valence-corrected chi connectivity index (χ4v) is 3.34. The molecule has 0 spiro atoms. The number of benzene rings is 1. The second-order valence-electron chi connectivity index (χ2n) is 6.83. The van der Waals surface area contributed by atoms with E-state index in [9.17, 15) is 10.1 Å². The molecular weight excluding hydrogens is 360 g/mol. The molecule has 0 unspecified atom stereocenters. The highest BCUT2D eigenvalue weighted by atomic mass is 16.6. The number of rotatable bonds is 8. The van der Waals surface area contributed by atoms with Crippen LogP contribution in [0.4, 0.5) is 23.0 Å². The van der Waals surface area contributed by atoms with E-state index in [-0.39, 0.29) is 17.3 Å². The van der Waals surface area contributed by atoms with Gasteiger partial charge in [-0.15, -0.1) is 0 Å². The summed E-state index contributed by atoms with van der Waals surface area (Å²) in [7, 11) is 1.55. The zero-order valence-corrected chi connectivity index (χ0v) is 16.3. The summed E-state index contributed by atoms with van der Waals surface area (Å²) in [5.74, 6) is 0.925. The maximum absolute atomic E-state index is 11.7. The lowest BCUT2D eigenvalue weighted by molar-refractivity contribution is -0.383. The summed E-state index contributed by atoms with van der Waals surface area (Å²) in [6.07, 6.45) is 5.01. The molecule has 0 bridgehead atoms. The number of anilines is 3. The number of piperidine rings is 1. The van der Waals surface area contributed by atoms with Gasteiger partial charge in [0, 0.05) is 13.1 Å². The molecule has 2 aromatic rings. The van der Waals surface area contributed by atoms with E-state index in [0.29, 0.717) is 18.0 Å². The zero-order valence-electron chi connectivity index (χ0n) is 16.3. The Morgan fingerprint density at radius 1 is 1.21 bits per heavy atom. The number of nitrogens with one attached hydrogen (secondary N) is 2. The van der Waals surface area contributed by atoms with Crippen LogP contribution in [0.15, 0.2) is 24.5 Å². The van der Waals surface area contributed by atoms with E-state index >= 15 is 0 Å². The van der Waals surface area contributed by atoms with Gasteiger partial charge in [0.2, 0.25) is 11.6 Å². The van der Waals surface area contributed by atoms with Crippen molar-refractivity contribution >= 4 is 23.0 Å². The van der Waals surface area contributed by atoms with Crippen molar-refractivity contribution in [3.05, 3.63) is 40.2 Å². The van der Waals surface area contributed by atoms with Crippen molar-refractivity contribution in [2.45, 2.75) is 26.2 Å². The van der Waals surface area contributed by atoms with Crippen LogP contribution in [-0.4, -0.2) is 53.1 Å². The summed E-state index contributed by atoms with van der Waals surface area (Å²) in [5, 5.41) is 17.9. The van der Waals surface area contributed by atoms with Crippen LogP contribution in [0, 0.1) is 17.0 Å². The molecule has 0 saturated carbocycles. The summed E-state index contributed by atoms with van der Waals surface area (Å²) >= 11 is 0. The van der Waals surface area contributed by atoms with E-state index < -0.39 is 4.92 Å². The third-order valence-electron chi connectivity index (χ3n) is 4.78. The topological polar surface area (TPSA) is 105 Å². The number of nitrogens with zero attached hydrogens (tertiary/aromatic N) is 4. The summed E-state index contributed by atoms with van der Waals surface area (Å²) in [5.41, 5.74) is 1.44. The molecule has 1 aromatic heterocycles. The molecule has 150 valence electrons. The van der Waals surface area contributed by atoms with Crippen LogP contribution in [-0.2, 0) is 0 Å². The van der Waals surface area contributed by atoms with Gasteiger partial charge in [-0.05, 0) is 50.6 Å². The van der Waals surface area contributed by atoms with E-state index in [1.165, 1.54) is 25.6 Å². The number of likely N-dealkylation sites (tertiary alicyclic amines) is 1. The van der Waals surface area contributed by atoms with Crippen LogP contribution in [0.1, 0.15) is 24.8 Å². The minimum Gasteiger partial charge on any atom is -0.495 e. The van der Waals surface area contributed by atoms with Gasteiger partial charge in [-0.2, -0.15) is 0 Å². The number of aryl methyl sites for hydroxylation is 1. The fraction of sp³-hybridized carbons (Fsp3) is 0.474. The average molecular weight is 386 g/mol. The minimum absolute atomic E-state index is 0.129. The van der Waals surface area contributed by atoms with Gasteiger partial charge in [0.15, 0.2) is 0 Å². The number of methoxy groups -OCH3 is 1. The molecule has 28 heavy (non-hydrogen) atoms. The van der Waals surface area contributed by atoms with Gasteiger partial charge in [-0.1, -0.05) is 12.5 Å². The number of hydrogen-bond acceptors (Lipinski definition) is 8. The summed E-state index contributed by atoms with van der Waals surface area (Å²) < 4.78 is 5.34. The van der Waals surface area contributed by atoms with Gasteiger partial charge >= 0.3 is 5.69 Å². The lowest BCUT2D eigenvalue weighted by atomic mass is 10.1. The van der Waals surface area contributed by atoms with Crippen molar-refractivity contribution in [2.75, 3.05) is 43.9 Å².